The lowest BCUT2D eigenvalue weighted by atomic mass is 9.94. The highest BCUT2D eigenvalue weighted by Gasteiger charge is 2.20. The van der Waals surface area contributed by atoms with Crippen molar-refractivity contribution in [1.82, 2.24) is 0 Å². The van der Waals surface area contributed by atoms with Crippen LogP contribution < -0.4 is 0 Å². The molecule has 0 saturated carbocycles. The molecule has 0 amide bonds. The number of carboxylic acids is 1. The van der Waals surface area contributed by atoms with Gasteiger partial charge in [0, 0.05) is 0 Å². The third-order valence-electron chi connectivity index (χ3n) is 19.0. The largest absolute Gasteiger partial charge is 0.481 e. The van der Waals surface area contributed by atoms with E-state index in [0.717, 1.165) is 44.9 Å². The topological polar surface area (TPSA) is 63.6 Å². The number of aliphatic carboxylic acids is 1. The van der Waals surface area contributed by atoms with E-state index >= 15 is 0 Å². The van der Waals surface area contributed by atoms with Crippen molar-refractivity contribution in [3.05, 3.63) is 0 Å². The highest BCUT2D eigenvalue weighted by Crippen LogP contribution is 2.24. The van der Waals surface area contributed by atoms with Gasteiger partial charge in [-0.25, -0.2) is 0 Å². The summed E-state index contributed by atoms with van der Waals surface area (Å²) in [5.74, 6) is -0.392. The predicted octanol–water partition coefficient (Wildman–Crippen LogP) is 29.2. The molecular weight excluding hydrogens is 1020 g/mol. The number of carbonyl (C=O) groups is 2. The van der Waals surface area contributed by atoms with Crippen LogP contribution in [0.15, 0.2) is 0 Å². The maximum atomic E-state index is 13.2. The SMILES string of the molecule is CCCCCCCCCCCCCCC(CCCCCCCCCCCC)C(=O)O.CCCCCCCCCCCCCCCCCCC(CCCCCCCCCCCCCCCC)C(=O)OCCCCCCCCCCCCCCCC. The monoisotopic (exact) mass is 1190 g/mol. The highest BCUT2D eigenvalue weighted by atomic mass is 16.5. The Hall–Kier alpha value is -1.06. The van der Waals surface area contributed by atoms with Gasteiger partial charge in [-0.2, -0.15) is 0 Å². The van der Waals surface area contributed by atoms with Crippen molar-refractivity contribution in [1.29, 1.82) is 0 Å². The molecule has 1 N–H and O–H groups in total. The van der Waals surface area contributed by atoms with Crippen molar-refractivity contribution < 1.29 is 19.4 Å². The van der Waals surface area contributed by atoms with Gasteiger partial charge in [0.1, 0.15) is 0 Å². The summed E-state index contributed by atoms with van der Waals surface area (Å²) in [5.41, 5.74) is 0. The predicted molar refractivity (Wildman–Crippen MR) is 377 cm³/mol. The molecule has 2 unspecified atom stereocenters. The van der Waals surface area contributed by atoms with Crippen molar-refractivity contribution in [3.8, 4) is 0 Å². The Bertz CT molecular complexity index is 1180. The van der Waals surface area contributed by atoms with Crippen molar-refractivity contribution in [3.63, 3.8) is 0 Å². The number of rotatable bonds is 73. The molecule has 0 spiro atoms. The lowest BCUT2D eigenvalue weighted by molar-refractivity contribution is -0.149. The molecule has 4 heteroatoms. The molecule has 4 nitrogen and oxygen atoms in total. The molecule has 0 rings (SSSR count). The van der Waals surface area contributed by atoms with Crippen LogP contribution in [0, 0.1) is 11.8 Å². The smallest absolute Gasteiger partial charge is 0.308 e. The van der Waals surface area contributed by atoms with Crippen LogP contribution in [-0.4, -0.2) is 23.7 Å². The van der Waals surface area contributed by atoms with Gasteiger partial charge in [-0.3, -0.25) is 9.59 Å². The third-order valence-corrected chi connectivity index (χ3v) is 19.0. The van der Waals surface area contributed by atoms with Gasteiger partial charge in [-0.15, -0.1) is 0 Å². The molecule has 0 heterocycles. The average Bonchev–Trinajstić information content (AvgIpc) is 3.53. The van der Waals surface area contributed by atoms with Crippen LogP contribution in [0.5, 0.6) is 0 Å². The van der Waals surface area contributed by atoms with Crippen molar-refractivity contribution in [2.75, 3.05) is 6.61 Å². The standard InChI is InChI=1S/C52H104O2.C28H56O2/c1-4-7-10-13-16-19-22-25-28-29-31-34-37-40-43-46-49-51(48-45-42-39-36-33-30-26-23-20-17-14-11-8-5-2)52(53)54-50-47-44-41-38-35-32-27-24-21-18-15-12-9-6-3;1-3-5-7-9-11-13-15-16-18-20-22-24-26-27(28(29)30)25-23-21-19-17-14-12-10-8-6-4-2/h51H,4-50H2,1-3H3;27H,3-26H2,1-2H3,(H,29,30). The number of unbranched alkanes of at least 4 members (excludes halogenated alkanes) is 61. The van der Waals surface area contributed by atoms with Crippen molar-refractivity contribution in [2.24, 2.45) is 11.8 Å². The quantitative estimate of drug-likeness (QED) is 0.0487. The van der Waals surface area contributed by atoms with Crippen LogP contribution in [0.3, 0.4) is 0 Å². The minimum atomic E-state index is -0.561. The van der Waals surface area contributed by atoms with Gasteiger partial charge in [0.2, 0.25) is 0 Å². The summed E-state index contributed by atoms with van der Waals surface area (Å²) in [4.78, 5) is 24.7. The zero-order valence-corrected chi connectivity index (χ0v) is 59.0. The normalized spacial score (nSPS) is 12.2. The zero-order chi connectivity index (χ0) is 61.2. The highest BCUT2D eigenvalue weighted by molar-refractivity contribution is 5.72. The van der Waals surface area contributed by atoms with Gasteiger partial charge in [-0.05, 0) is 32.1 Å². The van der Waals surface area contributed by atoms with Gasteiger partial charge >= 0.3 is 11.9 Å². The van der Waals surface area contributed by atoms with E-state index in [9.17, 15) is 14.7 Å². The van der Waals surface area contributed by atoms with Crippen LogP contribution in [-0.2, 0) is 14.3 Å². The number of carboxylic acid groups (broad SMARTS) is 1. The molecule has 0 aromatic rings. The molecule has 0 bridgehead atoms. The molecule has 84 heavy (non-hydrogen) atoms. The Labute approximate surface area is 531 Å². The Balaban J connectivity index is 0. The second-order valence-electron chi connectivity index (χ2n) is 27.6. The summed E-state index contributed by atoms with van der Waals surface area (Å²) in [5, 5.41) is 9.49. The Morgan fingerprint density at radius 3 is 0.524 bits per heavy atom. The minimum Gasteiger partial charge on any atom is -0.481 e. The lowest BCUT2D eigenvalue weighted by Crippen LogP contribution is -2.18. The second kappa shape index (κ2) is 78.0. The number of hydrogen-bond acceptors (Lipinski definition) is 3. The number of esters is 1. The first-order valence-corrected chi connectivity index (χ1v) is 39.9. The fraction of sp³-hybridized carbons (Fsp3) is 0.975. The van der Waals surface area contributed by atoms with Crippen LogP contribution >= 0.6 is 0 Å². The van der Waals surface area contributed by atoms with Gasteiger partial charge in [0.25, 0.3) is 0 Å². The second-order valence-corrected chi connectivity index (χ2v) is 27.6. The first-order chi connectivity index (χ1) is 41.5. The van der Waals surface area contributed by atoms with E-state index in [1.807, 2.05) is 0 Å². The van der Waals surface area contributed by atoms with Gasteiger partial charge in [-0.1, -0.05) is 452 Å². The van der Waals surface area contributed by atoms with Crippen LogP contribution in [0.2, 0.25) is 0 Å². The Kier molecular flexibility index (Phi) is 79.0. The number of ether oxygens (including phenoxy) is 1. The molecule has 0 radical (unpaired) electrons. The number of carbonyl (C=O) groups excluding carboxylic acids is 1. The number of hydrogen-bond donors (Lipinski definition) is 1. The maximum absolute atomic E-state index is 13.2. The molecule has 0 aliphatic heterocycles. The summed E-state index contributed by atoms with van der Waals surface area (Å²) in [6.07, 6.45) is 94.2. The first kappa shape index (κ1) is 85.0. The van der Waals surface area contributed by atoms with E-state index in [4.69, 9.17) is 4.74 Å². The summed E-state index contributed by atoms with van der Waals surface area (Å²) < 4.78 is 5.92. The molecule has 0 aliphatic rings. The lowest BCUT2D eigenvalue weighted by Gasteiger charge is -2.16. The minimum absolute atomic E-state index is 0.0952. The fourth-order valence-corrected chi connectivity index (χ4v) is 13.0. The van der Waals surface area contributed by atoms with E-state index in [2.05, 4.69) is 34.6 Å². The molecule has 504 valence electrons. The van der Waals surface area contributed by atoms with E-state index in [1.165, 1.54) is 405 Å². The fourth-order valence-electron chi connectivity index (χ4n) is 13.0. The van der Waals surface area contributed by atoms with Crippen LogP contribution in [0.4, 0.5) is 0 Å². The van der Waals surface area contributed by atoms with Gasteiger partial charge in [0.15, 0.2) is 0 Å². The molecule has 0 aromatic carbocycles. The van der Waals surface area contributed by atoms with Gasteiger partial charge in [0.05, 0.1) is 18.4 Å². The molecule has 2 atom stereocenters. The van der Waals surface area contributed by atoms with E-state index in [1.54, 1.807) is 0 Å². The zero-order valence-electron chi connectivity index (χ0n) is 59.0. The average molecular weight is 1190 g/mol. The van der Waals surface area contributed by atoms with E-state index in [-0.39, 0.29) is 17.8 Å². The Morgan fingerprint density at radius 1 is 0.214 bits per heavy atom. The maximum Gasteiger partial charge on any atom is 0.308 e. The van der Waals surface area contributed by atoms with Crippen molar-refractivity contribution in [2.45, 2.75) is 484 Å². The van der Waals surface area contributed by atoms with Crippen molar-refractivity contribution >= 4 is 11.9 Å². The summed E-state index contributed by atoms with van der Waals surface area (Å²) in [6, 6.07) is 0. The van der Waals surface area contributed by atoms with E-state index in [0.29, 0.717) is 6.61 Å². The third kappa shape index (κ3) is 73.4. The molecular formula is C80H160O4. The molecule has 0 saturated heterocycles. The molecule has 0 aliphatic carbocycles. The van der Waals surface area contributed by atoms with Crippen LogP contribution in [0.25, 0.3) is 0 Å². The summed E-state index contributed by atoms with van der Waals surface area (Å²) >= 11 is 0. The van der Waals surface area contributed by atoms with E-state index < -0.39 is 5.97 Å². The first-order valence-electron chi connectivity index (χ1n) is 39.9. The van der Waals surface area contributed by atoms with Crippen LogP contribution in [0.1, 0.15) is 484 Å². The Morgan fingerprint density at radius 2 is 0.357 bits per heavy atom. The molecule has 0 fully saturated rings. The molecule has 0 aromatic heterocycles. The summed E-state index contributed by atoms with van der Waals surface area (Å²) in [7, 11) is 0. The summed E-state index contributed by atoms with van der Waals surface area (Å²) in [6.45, 7) is 12.1. The van der Waals surface area contributed by atoms with Gasteiger partial charge < -0.3 is 9.84 Å².